The van der Waals surface area contributed by atoms with E-state index in [1.54, 1.807) is 12.1 Å². The molecule has 2 aromatic rings. The molecule has 1 heterocycles. The number of carbonyl (C=O) groups excluding carboxylic acids is 1. The fourth-order valence-corrected chi connectivity index (χ4v) is 3.52. The third-order valence-electron chi connectivity index (χ3n) is 4.47. The lowest BCUT2D eigenvalue weighted by Crippen LogP contribution is -2.52. The van der Waals surface area contributed by atoms with E-state index >= 15 is 0 Å². The minimum absolute atomic E-state index is 0.399. The normalized spacial score (nSPS) is 22.7. The van der Waals surface area contributed by atoms with Gasteiger partial charge in [0.2, 0.25) is 0 Å². The molecule has 2 atom stereocenters. The molecule has 0 amide bonds. The van der Waals surface area contributed by atoms with Crippen LogP contribution in [0.2, 0.25) is 5.02 Å². The van der Waals surface area contributed by atoms with E-state index in [0.717, 1.165) is 11.1 Å². The molecule has 0 aliphatic carbocycles. The first-order valence-electron chi connectivity index (χ1n) is 8.07. The van der Waals surface area contributed by atoms with Crippen molar-refractivity contribution in [1.82, 2.24) is 0 Å². The van der Waals surface area contributed by atoms with Gasteiger partial charge < -0.3 is 14.2 Å². The first kappa shape index (κ1) is 17.8. The number of methoxy groups -OCH3 is 1. The minimum Gasteiger partial charge on any atom is -0.464 e. The van der Waals surface area contributed by atoms with Crippen molar-refractivity contribution >= 4 is 17.6 Å². The van der Waals surface area contributed by atoms with Crippen LogP contribution in [-0.4, -0.2) is 19.4 Å². The average Bonchev–Trinajstić information content (AvgIpc) is 2.59. The monoisotopic (exact) mass is 360 g/mol. The van der Waals surface area contributed by atoms with Crippen LogP contribution in [0.5, 0.6) is 5.75 Å². The van der Waals surface area contributed by atoms with E-state index in [0.29, 0.717) is 10.8 Å². The van der Waals surface area contributed by atoms with Crippen molar-refractivity contribution < 1.29 is 19.0 Å². The van der Waals surface area contributed by atoms with Crippen molar-refractivity contribution in [3.63, 3.8) is 0 Å². The molecule has 0 saturated carbocycles. The molecule has 2 unspecified atom stereocenters. The Morgan fingerprint density at radius 2 is 1.84 bits per heavy atom. The molecule has 0 bridgehead atoms. The molecular formula is C20H21ClO4. The molecule has 1 aliphatic rings. The molecule has 2 aromatic carbocycles. The predicted octanol–water partition coefficient (Wildman–Crippen LogP) is 4.54. The second-order valence-electron chi connectivity index (χ2n) is 7.03. The van der Waals surface area contributed by atoms with E-state index < -0.39 is 23.3 Å². The standard InChI is InChI=1S/C20H21ClO4/c1-19(2,3)20(13-8-6-5-7-9-13)15-12-14(21)10-11-16(15)24-18(25-20)17(22)23-4/h5-12,18H,1-4H3. The summed E-state index contributed by atoms with van der Waals surface area (Å²) in [6.07, 6.45) is -1.15. The summed E-state index contributed by atoms with van der Waals surface area (Å²) in [6, 6.07) is 15.1. The lowest BCUT2D eigenvalue weighted by atomic mass is 9.67. The number of rotatable bonds is 2. The maximum Gasteiger partial charge on any atom is 0.376 e. The Morgan fingerprint density at radius 3 is 2.44 bits per heavy atom. The molecule has 25 heavy (non-hydrogen) atoms. The maximum absolute atomic E-state index is 12.2. The van der Waals surface area contributed by atoms with Gasteiger partial charge in [-0.1, -0.05) is 62.7 Å². The van der Waals surface area contributed by atoms with Crippen LogP contribution >= 0.6 is 11.6 Å². The molecule has 0 aromatic heterocycles. The zero-order valence-electron chi connectivity index (χ0n) is 14.7. The number of fused-ring (bicyclic) bond motifs is 1. The quantitative estimate of drug-likeness (QED) is 0.738. The second-order valence-corrected chi connectivity index (χ2v) is 7.46. The highest BCUT2D eigenvalue weighted by atomic mass is 35.5. The van der Waals surface area contributed by atoms with Gasteiger partial charge in [-0.25, -0.2) is 4.79 Å². The summed E-state index contributed by atoms with van der Waals surface area (Å²) in [5.41, 5.74) is 0.386. The first-order valence-corrected chi connectivity index (χ1v) is 8.45. The summed E-state index contributed by atoms with van der Waals surface area (Å²) >= 11 is 6.26. The van der Waals surface area contributed by atoms with Crippen LogP contribution in [0.4, 0.5) is 0 Å². The summed E-state index contributed by atoms with van der Waals surface area (Å²) in [4.78, 5) is 12.2. The first-order chi connectivity index (χ1) is 11.8. The van der Waals surface area contributed by atoms with Gasteiger partial charge in [0.05, 0.1) is 7.11 Å². The van der Waals surface area contributed by atoms with Crippen LogP contribution in [0.3, 0.4) is 0 Å². The van der Waals surface area contributed by atoms with Gasteiger partial charge in [-0.2, -0.15) is 0 Å². The van der Waals surface area contributed by atoms with Gasteiger partial charge >= 0.3 is 12.3 Å². The van der Waals surface area contributed by atoms with Gasteiger partial charge in [0, 0.05) is 10.6 Å². The van der Waals surface area contributed by atoms with Gasteiger partial charge in [0.25, 0.3) is 0 Å². The SMILES string of the molecule is COC(=O)C1Oc2ccc(Cl)cc2C(c2ccccc2)(C(C)(C)C)O1. The number of benzene rings is 2. The maximum atomic E-state index is 12.2. The fraction of sp³-hybridized carbons (Fsp3) is 0.350. The molecule has 0 radical (unpaired) electrons. The number of hydrogen-bond acceptors (Lipinski definition) is 4. The van der Waals surface area contributed by atoms with E-state index in [4.69, 9.17) is 25.8 Å². The molecule has 3 rings (SSSR count). The Balaban J connectivity index is 2.31. The fourth-order valence-electron chi connectivity index (χ4n) is 3.35. The highest BCUT2D eigenvalue weighted by molar-refractivity contribution is 6.30. The van der Waals surface area contributed by atoms with Crippen LogP contribution in [-0.2, 0) is 19.9 Å². The van der Waals surface area contributed by atoms with E-state index in [-0.39, 0.29) is 0 Å². The molecule has 1 aliphatic heterocycles. The zero-order valence-corrected chi connectivity index (χ0v) is 15.5. The van der Waals surface area contributed by atoms with Crippen LogP contribution < -0.4 is 4.74 Å². The van der Waals surface area contributed by atoms with E-state index in [1.165, 1.54) is 7.11 Å². The second kappa shape index (κ2) is 6.36. The van der Waals surface area contributed by atoms with Crippen molar-refractivity contribution in [2.24, 2.45) is 5.41 Å². The third kappa shape index (κ3) is 2.90. The smallest absolute Gasteiger partial charge is 0.376 e. The van der Waals surface area contributed by atoms with Crippen molar-refractivity contribution in [2.45, 2.75) is 32.7 Å². The topological polar surface area (TPSA) is 44.8 Å². The van der Waals surface area contributed by atoms with Gasteiger partial charge in [-0.15, -0.1) is 0 Å². The van der Waals surface area contributed by atoms with E-state index in [1.807, 2.05) is 36.4 Å². The average molecular weight is 361 g/mol. The number of halogens is 1. The molecule has 0 spiro atoms. The van der Waals surface area contributed by atoms with Crippen molar-refractivity contribution in [1.29, 1.82) is 0 Å². The molecule has 132 valence electrons. The zero-order chi connectivity index (χ0) is 18.2. The number of carbonyl (C=O) groups is 1. The van der Waals surface area contributed by atoms with Crippen molar-refractivity contribution in [3.8, 4) is 5.75 Å². The van der Waals surface area contributed by atoms with E-state index in [9.17, 15) is 4.79 Å². The van der Waals surface area contributed by atoms with Gasteiger partial charge in [0.1, 0.15) is 11.4 Å². The number of ether oxygens (including phenoxy) is 3. The summed E-state index contributed by atoms with van der Waals surface area (Å²) in [7, 11) is 1.31. The van der Waals surface area contributed by atoms with Gasteiger partial charge in [0.15, 0.2) is 0 Å². The van der Waals surface area contributed by atoms with E-state index in [2.05, 4.69) is 20.8 Å². The highest BCUT2D eigenvalue weighted by Crippen LogP contribution is 2.54. The lowest BCUT2D eigenvalue weighted by Gasteiger charge is -2.49. The predicted molar refractivity (Wildman–Crippen MR) is 95.6 cm³/mol. The Labute approximate surface area is 152 Å². The summed E-state index contributed by atoms with van der Waals surface area (Å²) in [6.45, 7) is 6.18. The Bertz CT molecular complexity index is 782. The highest BCUT2D eigenvalue weighted by Gasteiger charge is 2.54. The van der Waals surface area contributed by atoms with Crippen LogP contribution in [0.1, 0.15) is 31.9 Å². The van der Waals surface area contributed by atoms with Crippen LogP contribution in [0, 0.1) is 5.41 Å². The van der Waals surface area contributed by atoms with Crippen LogP contribution in [0.25, 0.3) is 0 Å². The number of esters is 1. The van der Waals surface area contributed by atoms with Crippen molar-refractivity contribution in [3.05, 3.63) is 64.7 Å². The van der Waals surface area contributed by atoms with Crippen LogP contribution in [0.15, 0.2) is 48.5 Å². The summed E-state index contributed by atoms with van der Waals surface area (Å²) in [5, 5.41) is 0.576. The molecule has 0 N–H and O–H groups in total. The molecule has 0 fully saturated rings. The third-order valence-corrected chi connectivity index (χ3v) is 4.70. The molecule has 4 nitrogen and oxygen atoms in total. The van der Waals surface area contributed by atoms with Gasteiger partial charge in [-0.05, 0) is 29.2 Å². The Kier molecular flexibility index (Phi) is 4.52. The Hall–Kier alpha value is -2.04. The minimum atomic E-state index is -1.15. The lowest BCUT2D eigenvalue weighted by molar-refractivity contribution is -0.228. The Morgan fingerprint density at radius 1 is 1.16 bits per heavy atom. The summed E-state index contributed by atoms with van der Waals surface area (Å²) < 4.78 is 16.9. The summed E-state index contributed by atoms with van der Waals surface area (Å²) in [5.74, 6) is -0.0185. The molecular weight excluding hydrogens is 340 g/mol. The number of hydrogen-bond donors (Lipinski definition) is 0. The molecule has 0 saturated heterocycles. The van der Waals surface area contributed by atoms with Gasteiger partial charge in [-0.3, -0.25) is 0 Å². The van der Waals surface area contributed by atoms with Crippen molar-refractivity contribution in [2.75, 3.05) is 7.11 Å². The largest absolute Gasteiger partial charge is 0.464 e. The molecule has 5 heteroatoms.